The highest BCUT2D eigenvalue weighted by Gasteiger charge is 2.18. The Kier molecular flexibility index (Phi) is 5.30. The van der Waals surface area contributed by atoms with Gasteiger partial charge < -0.3 is 23.2 Å². The molecule has 0 spiro atoms. The molecular weight excluding hydrogens is 390 g/mol. The number of methoxy groups -OCH3 is 3. The highest BCUT2D eigenvalue weighted by atomic mass is 32.2. The van der Waals surface area contributed by atoms with Crippen LogP contribution in [0.3, 0.4) is 0 Å². The summed E-state index contributed by atoms with van der Waals surface area (Å²) in [4.78, 5) is 4.62. The zero-order chi connectivity index (χ0) is 20.4. The van der Waals surface area contributed by atoms with Gasteiger partial charge in [0.2, 0.25) is 5.75 Å². The fourth-order valence-electron chi connectivity index (χ4n) is 3.10. The monoisotopic (exact) mass is 411 g/mol. The van der Waals surface area contributed by atoms with Crippen LogP contribution in [0, 0.1) is 0 Å². The number of nitrogens with zero attached hydrogens (tertiary/aromatic N) is 5. The number of ether oxygens (including phenoxy) is 3. The van der Waals surface area contributed by atoms with Crippen LogP contribution in [-0.4, -0.2) is 45.5 Å². The summed E-state index contributed by atoms with van der Waals surface area (Å²) in [5.41, 5.74) is 2.74. The van der Waals surface area contributed by atoms with Crippen molar-refractivity contribution in [3.8, 4) is 28.6 Å². The topological polar surface area (TPSA) is 75.7 Å². The van der Waals surface area contributed by atoms with Gasteiger partial charge in [-0.1, -0.05) is 17.8 Å². The molecule has 3 aromatic heterocycles. The lowest BCUT2D eigenvalue weighted by atomic mass is 10.1. The molecule has 0 saturated carbocycles. The van der Waals surface area contributed by atoms with E-state index in [0.717, 1.165) is 22.1 Å². The molecule has 29 heavy (non-hydrogen) atoms. The zero-order valence-electron chi connectivity index (χ0n) is 16.6. The lowest BCUT2D eigenvalue weighted by Gasteiger charge is -2.13. The molecule has 4 rings (SSSR count). The van der Waals surface area contributed by atoms with E-state index in [1.165, 1.54) is 0 Å². The third-order valence-electron chi connectivity index (χ3n) is 4.52. The maximum absolute atomic E-state index is 5.44. The first kappa shape index (κ1) is 19.1. The van der Waals surface area contributed by atoms with Gasteiger partial charge in [0.1, 0.15) is 5.65 Å². The van der Waals surface area contributed by atoms with Crippen molar-refractivity contribution in [3.05, 3.63) is 48.4 Å². The Morgan fingerprint density at radius 3 is 2.41 bits per heavy atom. The smallest absolute Gasteiger partial charge is 0.203 e. The Morgan fingerprint density at radius 2 is 1.76 bits per heavy atom. The predicted molar refractivity (Wildman–Crippen MR) is 111 cm³/mol. The van der Waals surface area contributed by atoms with Gasteiger partial charge in [-0.25, -0.2) is 4.98 Å². The first-order valence-corrected chi connectivity index (χ1v) is 9.88. The number of benzene rings is 1. The Hall–Kier alpha value is -3.20. The molecule has 8 nitrogen and oxygen atoms in total. The van der Waals surface area contributed by atoms with Gasteiger partial charge in [-0.2, -0.15) is 0 Å². The molecule has 3 heterocycles. The van der Waals surface area contributed by atoms with Crippen molar-refractivity contribution in [2.75, 3.05) is 21.3 Å². The van der Waals surface area contributed by atoms with Crippen LogP contribution in [0.1, 0.15) is 5.69 Å². The van der Waals surface area contributed by atoms with Crippen molar-refractivity contribution in [1.82, 2.24) is 24.1 Å². The van der Waals surface area contributed by atoms with E-state index in [2.05, 4.69) is 15.2 Å². The van der Waals surface area contributed by atoms with Gasteiger partial charge >= 0.3 is 0 Å². The van der Waals surface area contributed by atoms with E-state index in [1.807, 2.05) is 58.7 Å². The van der Waals surface area contributed by atoms with E-state index in [1.54, 1.807) is 33.1 Å². The number of rotatable bonds is 7. The van der Waals surface area contributed by atoms with E-state index in [0.29, 0.717) is 28.8 Å². The van der Waals surface area contributed by atoms with Crippen molar-refractivity contribution < 1.29 is 14.2 Å². The molecular formula is C20H21N5O3S. The molecule has 150 valence electrons. The SMILES string of the molecule is COc1cc(-c2nnc(SCc3cn4ccccc4n3)n2C)cc(OC)c1OC. The van der Waals surface area contributed by atoms with Gasteiger partial charge in [0.05, 0.1) is 27.0 Å². The average molecular weight is 411 g/mol. The molecule has 0 bridgehead atoms. The molecule has 1 aromatic carbocycles. The number of pyridine rings is 1. The van der Waals surface area contributed by atoms with Gasteiger partial charge in [-0.15, -0.1) is 10.2 Å². The van der Waals surface area contributed by atoms with Gasteiger partial charge in [0.25, 0.3) is 0 Å². The van der Waals surface area contributed by atoms with Gasteiger partial charge in [-0.3, -0.25) is 0 Å². The first-order chi connectivity index (χ1) is 14.1. The minimum absolute atomic E-state index is 0.544. The normalized spacial score (nSPS) is 11.0. The summed E-state index contributed by atoms with van der Waals surface area (Å²) in [5.74, 6) is 3.10. The van der Waals surface area contributed by atoms with Crippen molar-refractivity contribution in [3.63, 3.8) is 0 Å². The largest absolute Gasteiger partial charge is 0.493 e. The Balaban J connectivity index is 1.60. The molecule has 0 amide bonds. The van der Waals surface area contributed by atoms with Gasteiger partial charge in [-0.05, 0) is 24.3 Å². The molecule has 0 aliphatic carbocycles. The number of hydrogen-bond acceptors (Lipinski definition) is 7. The molecule has 0 unspecified atom stereocenters. The van der Waals surface area contributed by atoms with Crippen LogP contribution in [0.25, 0.3) is 17.0 Å². The zero-order valence-corrected chi connectivity index (χ0v) is 17.4. The van der Waals surface area contributed by atoms with E-state index in [-0.39, 0.29) is 0 Å². The second kappa shape index (κ2) is 8.04. The Labute approximate surface area is 172 Å². The highest BCUT2D eigenvalue weighted by Crippen LogP contribution is 2.41. The summed E-state index contributed by atoms with van der Waals surface area (Å²) in [6.45, 7) is 0. The summed E-state index contributed by atoms with van der Waals surface area (Å²) in [5, 5.41) is 9.50. The molecule has 0 aliphatic rings. The van der Waals surface area contributed by atoms with Crippen molar-refractivity contribution in [2.45, 2.75) is 10.9 Å². The minimum atomic E-state index is 0.544. The summed E-state index contributed by atoms with van der Waals surface area (Å²) >= 11 is 1.58. The summed E-state index contributed by atoms with van der Waals surface area (Å²) in [6, 6.07) is 9.67. The molecule has 4 aromatic rings. The van der Waals surface area contributed by atoms with E-state index in [4.69, 9.17) is 14.2 Å². The highest BCUT2D eigenvalue weighted by molar-refractivity contribution is 7.98. The molecule has 0 radical (unpaired) electrons. The molecule has 0 saturated heterocycles. The third-order valence-corrected chi connectivity index (χ3v) is 5.57. The number of fused-ring (bicyclic) bond motifs is 1. The summed E-state index contributed by atoms with van der Waals surface area (Å²) in [7, 11) is 6.70. The van der Waals surface area contributed by atoms with Crippen LogP contribution in [0.2, 0.25) is 0 Å². The molecule has 0 atom stereocenters. The van der Waals surface area contributed by atoms with E-state index in [9.17, 15) is 0 Å². The fraction of sp³-hybridized carbons (Fsp3) is 0.250. The fourth-order valence-corrected chi connectivity index (χ4v) is 3.89. The lowest BCUT2D eigenvalue weighted by molar-refractivity contribution is 0.324. The van der Waals surface area contributed by atoms with Crippen LogP contribution in [0.4, 0.5) is 0 Å². The first-order valence-electron chi connectivity index (χ1n) is 8.89. The van der Waals surface area contributed by atoms with Crippen molar-refractivity contribution >= 4 is 17.4 Å². The maximum atomic E-state index is 5.44. The summed E-state index contributed by atoms with van der Waals surface area (Å²) < 4.78 is 20.2. The second-order valence-corrected chi connectivity index (χ2v) is 7.21. The average Bonchev–Trinajstić information content (AvgIpc) is 3.33. The number of thioether (sulfide) groups is 1. The number of imidazole rings is 1. The number of aromatic nitrogens is 5. The van der Waals surface area contributed by atoms with Crippen LogP contribution in [-0.2, 0) is 12.8 Å². The lowest BCUT2D eigenvalue weighted by Crippen LogP contribution is -1.99. The maximum Gasteiger partial charge on any atom is 0.203 e. The molecule has 0 aliphatic heterocycles. The standard InChI is InChI=1S/C20H21N5O3S/c1-24-19(13-9-15(26-2)18(28-4)16(10-13)27-3)22-23-20(24)29-12-14-11-25-8-6-5-7-17(25)21-14/h5-11H,12H2,1-4H3. The van der Waals surface area contributed by atoms with E-state index >= 15 is 0 Å². The quantitative estimate of drug-likeness (QED) is 0.431. The van der Waals surface area contributed by atoms with Crippen molar-refractivity contribution in [1.29, 1.82) is 0 Å². The van der Waals surface area contributed by atoms with Gasteiger partial charge in [0, 0.05) is 30.8 Å². The van der Waals surface area contributed by atoms with Crippen LogP contribution in [0.15, 0.2) is 47.9 Å². The van der Waals surface area contributed by atoms with Crippen molar-refractivity contribution in [2.24, 2.45) is 7.05 Å². The third kappa shape index (κ3) is 3.61. The minimum Gasteiger partial charge on any atom is -0.493 e. The van der Waals surface area contributed by atoms with Crippen LogP contribution < -0.4 is 14.2 Å². The second-order valence-electron chi connectivity index (χ2n) is 6.27. The molecule has 0 fully saturated rings. The Bertz CT molecular complexity index is 1100. The van der Waals surface area contributed by atoms with Crippen LogP contribution in [0.5, 0.6) is 17.2 Å². The van der Waals surface area contributed by atoms with E-state index < -0.39 is 0 Å². The molecule has 0 N–H and O–H groups in total. The van der Waals surface area contributed by atoms with Crippen LogP contribution >= 0.6 is 11.8 Å². The Morgan fingerprint density at radius 1 is 1.00 bits per heavy atom. The van der Waals surface area contributed by atoms with Gasteiger partial charge in [0.15, 0.2) is 22.5 Å². The summed E-state index contributed by atoms with van der Waals surface area (Å²) in [6.07, 6.45) is 4.01. The predicted octanol–water partition coefficient (Wildman–Crippen LogP) is 3.45. The number of hydrogen-bond donors (Lipinski definition) is 0. The molecule has 9 heteroatoms.